The second kappa shape index (κ2) is 10.7. The van der Waals surface area contributed by atoms with E-state index in [0.717, 1.165) is 11.8 Å². The number of fused-ring (bicyclic) bond motifs is 1. The summed E-state index contributed by atoms with van der Waals surface area (Å²) in [6.45, 7) is 3.96. The molecule has 4 rings (SSSR count). The van der Waals surface area contributed by atoms with Crippen LogP contribution in [0.2, 0.25) is 0 Å². The Hall–Kier alpha value is -2.76. The van der Waals surface area contributed by atoms with Crippen LogP contribution in [0.1, 0.15) is 25.3 Å². The Morgan fingerprint density at radius 2 is 2.06 bits per heavy atom. The van der Waals surface area contributed by atoms with Crippen molar-refractivity contribution in [1.29, 1.82) is 0 Å². The lowest BCUT2D eigenvalue weighted by Gasteiger charge is -2.32. The summed E-state index contributed by atoms with van der Waals surface area (Å²) in [5, 5.41) is 0. The molecular formula is C23H26N4O5S2. The SMILES string of the molecule is CCOC(=O)C1CCN(c2nc3ccccn3c(=O)c2/C=C2\SC(=S)N(CCOC)C2=O)CC1. The van der Waals surface area contributed by atoms with Crippen LogP contribution in [0.25, 0.3) is 11.7 Å². The van der Waals surface area contributed by atoms with Crippen molar-refractivity contribution in [3.63, 3.8) is 0 Å². The highest BCUT2D eigenvalue weighted by Crippen LogP contribution is 2.34. The number of nitrogens with zero attached hydrogens (tertiary/aromatic N) is 4. The number of hydrogen-bond donors (Lipinski definition) is 0. The Kier molecular flexibility index (Phi) is 7.64. The zero-order chi connectivity index (χ0) is 24.2. The van der Waals surface area contributed by atoms with Crippen molar-refractivity contribution in [1.82, 2.24) is 14.3 Å². The van der Waals surface area contributed by atoms with Crippen LogP contribution >= 0.6 is 24.0 Å². The van der Waals surface area contributed by atoms with Gasteiger partial charge in [-0.2, -0.15) is 0 Å². The van der Waals surface area contributed by atoms with E-state index in [0.29, 0.717) is 71.9 Å². The van der Waals surface area contributed by atoms with Crippen molar-refractivity contribution >= 4 is 57.7 Å². The third kappa shape index (κ3) is 4.86. The minimum Gasteiger partial charge on any atom is -0.466 e. The monoisotopic (exact) mass is 502 g/mol. The largest absolute Gasteiger partial charge is 0.466 e. The number of aromatic nitrogens is 2. The number of amides is 1. The maximum atomic E-state index is 13.5. The molecule has 0 spiro atoms. The van der Waals surface area contributed by atoms with E-state index in [1.54, 1.807) is 38.4 Å². The molecule has 2 aliphatic heterocycles. The Morgan fingerprint density at radius 1 is 1.29 bits per heavy atom. The lowest BCUT2D eigenvalue weighted by Crippen LogP contribution is -2.39. The molecule has 0 bridgehead atoms. The van der Waals surface area contributed by atoms with E-state index in [1.807, 2.05) is 11.0 Å². The predicted molar refractivity (Wildman–Crippen MR) is 135 cm³/mol. The molecule has 2 aliphatic rings. The highest BCUT2D eigenvalue weighted by molar-refractivity contribution is 8.26. The summed E-state index contributed by atoms with van der Waals surface area (Å²) < 4.78 is 12.1. The zero-order valence-electron chi connectivity index (χ0n) is 19.1. The summed E-state index contributed by atoms with van der Waals surface area (Å²) in [6.07, 6.45) is 4.46. The van der Waals surface area contributed by atoms with Gasteiger partial charge < -0.3 is 14.4 Å². The van der Waals surface area contributed by atoms with Crippen molar-refractivity contribution in [3.05, 3.63) is 45.2 Å². The lowest BCUT2D eigenvalue weighted by molar-refractivity contribution is -0.148. The standard InChI is InChI=1S/C23H26N4O5S2/c1-3-32-22(30)15-7-10-25(11-8-15)19-16(20(28)26-9-5-4-6-18(26)24-19)14-17-21(29)27(12-13-31-2)23(33)34-17/h4-6,9,14-15H,3,7-8,10-13H2,1-2H3/b17-14-. The van der Waals surface area contributed by atoms with Gasteiger partial charge in [-0.15, -0.1) is 0 Å². The van der Waals surface area contributed by atoms with Gasteiger partial charge in [0.2, 0.25) is 0 Å². The van der Waals surface area contributed by atoms with Crippen molar-refractivity contribution < 1.29 is 19.1 Å². The molecule has 2 saturated heterocycles. The Morgan fingerprint density at radius 3 is 2.76 bits per heavy atom. The highest BCUT2D eigenvalue weighted by Gasteiger charge is 2.33. The molecule has 0 radical (unpaired) electrons. The molecule has 9 nitrogen and oxygen atoms in total. The third-order valence-electron chi connectivity index (χ3n) is 5.83. The number of thiocarbonyl (C=S) groups is 1. The molecule has 0 atom stereocenters. The molecule has 2 aromatic heterocycles. The van der Waals surface area contributed by atoms with Crippen LogP contribution in [0.15, 0.2) is 34.1 Å². The first-order chi connectivity index (χ1) is 16.4. The first-order valence-electron chi connectivity index (χ1n) is 11.1. The van der Waals surface area contributed by atoms with Gasteiger partial charge in [-0.25, -0.2) is 4.98 Å². The van der Waals surface area contributed by atoms with Gasteiger partial charge in [-0.1, -0.05) is 30.0 Å². The van der Waals surface area contributed by atoms with Gasteiger partial charge in [0.25, 0.3) is 11.5 Å². The summed E-state index contributed by atoms with van der Waals surface area (Å²) >= 11 is 6.53. The number of carbonyl (C=O) groups excluding carboxylic acids is 2. The molecule has 0 aromatic carbocycles. The Labute approximate surface area is 206 Å². The molecule has 0 unspecified atom stereocenters. The second-order valence-electron chi connectivity index (χ2n) is 7.92. The number of methoxy groups -OCH3 is 1. The number of hydrogen-bond acceptors (Lipinski definition) is 9. The van der Waals surface area contributed by atoms with Gasteiger partial charge >= 0.3 is 5.97 Å². The minimum atomic E-state index is -0.268. The first kappa shape index (κ1) is 24.4. The highest BCUT2D eigenvalue weighted by atomic mass is 32.2. The predicted octanol–water partition coefficient (Wildman–Crippen LogP) is 2.32. The van der Waals surface area contributed by atoms with Gasteiger partial charge in [0, 0.05) is 26.4 Å². The average Bonchev–Trinajstić information content (AvgIpc) is 3.11. The van der Waals surface area contributed by atoms with Crippen molar-refractivity contribution in [2.75, 3.05) is 44.9 Å². The lowest BCUT2D eigenvalue weighted by atomic mass is 9.96. The molecular weight excluding hydrogens is 476 g/mol. The quantitative estimate of drug-likeness (QED) is 0.321. The van der Waals surface area contributed by atoms with Crippen LogP contribution in [0.4, 0.5) is 5.82 Å². The molecule has 180 valence electrons. The summed E-state index contributed by atoms with van der Waals surface area (Å²) in [5.74, 6) is -0.107. The normalized spacial score (nSPS) is 18.4. The maximum Gasteiger partial charge on any atom is 0.309 e. The van der Waals surface area contributed by atoms with Crippen LogP contribution in [-0.4, -0.2) is 70.4 Å². The average molecular weight is 503 g/mol. The van der Waals surface area contributed by atoms with E-state index in [4.69, 9.17) is 26.7 Å². The van der Waals surface area contributed by atoms with E-state index in [9.17, 15) is 14.4 Å². The molecule has 2 aromatic rings. The van der Waals surface area contributed by atoms with E-state index < -0.39 is 0 Å². The third-order valence-corrected chi connectivity index (χ3v) is 7.21. The smallest absolute Gasteiger partial charge is 0.309 e. The summed E-state index contributed by atoms with van der Waals surface area (Å²) in [4.78, 5) is 47.2. The van der Waals surface area contributed by atoms with E-state index in [1.165, 1.54) is 9.30 Å². The van der Waals surface area contributed by atoms with Gasteiger partial charge in [0.05, 0.1) is 36.1 Å². The maximum absolute atomic E-state index is 13.5. The van der Waals surface area contributed by atoms with Crippen molar-refractivity contribution in [2.24, 2.45) is 5.92 Å². The topological polar surface area (TPSA) is 93.5 Å². The number of anilines is 1. The molecule has 0 aliphatic carbocycles. The van der Waals surface area contributed by atoms with E-state index >= 15 is 0 Å². The summed E-state index contributed by atoms with van der Waals surface area (Å²) in [5.41, 5.74) is 0.570. The van der Waals surface area contributed by atoms with Crippen LogP contribution in [0.5, 0.6) is 0 Å². The number of carbonyl (C=O) groups is 2. The number of rotatable bonds is 7. The van der Waals surface area contributed by atoms with Gasteiger partial charge in [-0.3, -0.25) is 23.7 Å². The van der Waals surface area contributed by atoms with Crippen molar-refractivity contribution in [3.8, 4) is 0 Å². The summed E-state index contributed by atoms with van der Waals surface area (Å²) in [7, 11) is 1.56. The minimum absolute atomic E-state index is 0.168. The van der Waals surface area contributed by atoms with Gasteiger partial charge in [0.15, 0.2) is 0 Å². The summed E-state index contributed by atoms with van der Waals surface area (Å²) in [6, 6.07) is 5.35. The number of ether oxygens (including phenoxy) is 2. The number of thioether (sulfide) groups is 1. The zero-order valence-corrected chi connectivity index (χ0v) is 20.7. The van der Waals surface area contributed by atoms with Gasteiger partial charge in [-0.05, 0) is 38.0 Å². The van der Waals surface area contributed by atoms with Gasteiger partial charge in [0.1, 0.15) is 15.8 Å². The molecule has 4 heterocycles. The van der Waals surface area contributed by atoms with Crippen LogP contribution in [-0.2, 0) is 19.1 Å². The fourth-order valence-electron chi connectivity index (χ4n) is 4.05. The second-order valence-corrected chi connectivity index (χ2v) is 9.60. The number of esters is 1. The fraction of sp³-hybridized carbons (Fsp3) is 0.435. The molecule has 1 amide bonds. The number of pyridine rings is 1. The molecule has 0 saturated carbocycles. The molecule has 2 fully saturated rings. The first-order valence-corrected chi connectivity index (χ1v) is 12.3. The molecule has 34 heavy (non-hydrogen) atoms. The molecule has 11 heteroatoms. The van der Waals surface area contributed by atoms with Crippen molar-refractivity contribution in [2.45, 2.75) is 19.8 Å². The van der Waals surface area contributed by atoms with E-state index in [2.05, 4.69) is 0 Å². The Balaban J connectivity index is 1.70. The van der Waals surface area contributed by atoms with E-state index in [-0.39, 0.29) is 23.4 Å². The van der Waals surface area contributed by atoms with Crippen LogP contribution in [0.3, 0.4) is 0 Å². The molecule has 0 N–H and O–H groups in total. The fourth-order valence-corrected chi connectivity index (χ4v) is 5.34. The Bertz CT molecular complexity index is 1200. The van der Waals surface area contributed by atoms with Crippen LogP contribution in [0, 0.1) is 5.92 Å². The number of piperidine rings is 1. The van der Waals surface area contributed by atoms with Crippen LogP contribution < -0.4 is 10.5 Å².